The highest BCUT2D eigenvalue weighted by atomic mass is 16.2. The molecule has 1 amide bonds. The molecule has 1 aliphatic carbocycles. The maximum Gasteiger partial charge on any atom is 0.222 e. The standard InChI is InChI=1S/C14H25N3O/c1-12(9-15)10-17(2)13(18)8-14(11-16)6-4-3-5-7-14/h12H,3-8,10-11,16H2,1-2H3. The summed E-state index contributed by atoms with van der Waals surface area (Å²) in [6.45, 7) is 2.94. The van der Waals surface area contributed by atoms with Gasteiger partial charge in [-0.1, -0.05) is 19.3 Å². The van der Waals surface area contributed by atoms with Crippen molar-refractivity contribution < 1.29 is 4.79 Å². The Morgan fingerprint density at radius 3 is 2.56 bits per heavy atom. The predicted molar refractivity (Wildman–Crippen MR) is 71.6 cm³/mol. The number of hydrogen-bond acceptors (Lipinski definition) is 3. The monoisotopic (exact) mass is 251 g/mol. The molecular weight excluding hydrogens is 226 g/mol. The fourth-order valence-electron chi connectivity index (χ4n) is 2.76. The van der Waals surface area contributed by atoms with E-state index in [9.17, 15) is 4.79 Å². The van der Waals surface area contributed by atoms with Crippen LogP contribution in [0.2, 0.25) is 0 Å². The fraction of sp³-hybridized carbons (Fsp3) is 0.857. The first-order chi connectivity index (χ1) is 8.53. The average Bonchev–Trinajstić information content (AvgIpc) is 2.39. The lowest BCUT2D eigenvalue weighted by Gasteiger charge is -2.36. The summed E-state index contributed by atoms with van der Waals surface area (Å²) in [5, 5.41) is 8.78. The molecule has 0 saturated heterocycles. The molecule has 1 atom stereocenters. The van der Waals surface area contributed by atoms with E-state index in [1.807, 2.05) is 6.92 Å². The van der Waals surface area contributed by atoms with Gasteiger partial charge in [-0.2, -0.15) is 5.26 Å². The van der Waals surface area contributed by atoms with E-state index < -0.39 is 0 Å². The molecule has 102 valence electrons. The summed E-state index contributed by atoms with van der Waals surface area (Å²) in [5.74, 6) is 0.0172. The van der Waals surface area contributed by atoms with E-state index in [0.717, 1.165) is 12.8 Å². The zero-order valence-corrected chi connectivity index (χ0v) is 11.6. The molecular formula is C14H25N3O. The van der Waals surface area contributed by atoms with Gasteiger partial charge in [0.25, 0.3) is 0 Å². The van der Waals surface area contributed by atoms with E-state index in [-0.39, 0.29) is 17.2 Å². The van der Waals surface area contributed by atoms with Crippen molar-refractivity contribution in [1.29, 1.82) is 5.26 Å². The molecule has 1 aliphatic rings. The van der Waals surface area contributed by atoms with Gasteiger partial charge >= 0.3 is 0 Å². The van der Waals surface area contributed by atoms with Crippen LogP contribution in [0.3, 0.4) is 0 Å². The summed E-state index contributed by atoms with van der Waals surface area (Å²) < 4.78 is 0. The van der Waals surface area contributed by atoms with Gasteiger partial charge in [-0.3, -0.25) is 4.79 Å². The van der Waals surface area contributed by atoms with Gasteiger partial charge in [0.15, 0.2) is 0 Å². The van der Waals surface area contributed by atoms with Gasteiger partial charge in [-0.05, 0) is 31.7 Å². The van der Waals surface area contributed by atoms with Gasteiger partial charge in [-0.15, -0.1) is 0 Å². The number of carbonyl (C=O) groups excluding carboxylic acids is 1. The van der Waals surface area contributed by atoms with E-state index in [1.54, 1.807) is 11.9 Å². The number of rotatable bonds is 5. The van der Waals surface area contributed by atoms with Crippen LogP contribution in [0.15, 0.2) is 0 Å². The third-order valence-electron chi connectivity index (χ3n) is 4.07. The number of nitrogens with two attached hydrogens (primary N) is 1. The van der Waals surface area contributed by atoms with E-state index in [4.69, 9.17) is 11.0 Å². The van der Waals surface area contributed by atoms with Gasteiger partial charge in [0, 0.05) is 20.0 Å². The number of nitriles is 1. The first-order valence-corrected chi connectivity index (χ1v) is 6.87. The second-order valence-electron chi connectivity index (χ2n) is 5.75. The maximum atomic E-state index is 12.2. The molecule has 0 radical (unpaired) electrons. The molecule has 0 aromatic heterocycles. The summed E-state index contributed by atoms with van der Waals surface area (Å²) in [7, 11) is 1.78. The minimum atomic E-state index is -0.112. The van der Waals surface area contributed by atoms with Crippen molar-refractivity contribution in [3.63, 3.8) is 0 Å². The highest BCUT2D eigenvalue weighted by Crippen LogP contribution is 2.38. The maximum absolute atomic E-state index is 12.2. The minimum absolute atomic E-state index is 0.0134. The molecule has 0 spiro atoms. The van der Waals surface area contributed by atoms with Crippen LogP contribution in [-0.4, -0.2) is 30.9 Å². The van der Waals surface area contributed by atoms with Gasteiger partial charge in [0.1, 0.15) is 0 Å². The van der Waals surface area contributed by atoms with Crippen molar-refractivity contribution in [3.8, 4) is 6.07 Å². The Morgan fingerprint density at radius 2 is 2.06 bits per heavy atom. The van der Waals surface area contributed by atoms with Crippen LogP contribution in [0.4, 0.5) is 0 Å². The largest absolute Gasteiger partial charge is 0.344 e. The average molecular weight is 251 g/mol. The molecule has 1 rings (SSSR count). The van der Waals surface area contributed by atoms with Crippen LogP contribution in [-0.2, 0) is 4.79 Å². The lowest BCUT2D eigenvalue weighted by atomic mass is 9.71. The Balaban J connectivity index is 2.54. The SMILES string of the molecule is CC(C#N)CN(C)C(=O)CC1(CN)CCCCC1. The molecule has 0 aromatic rings. The second kappa shape index (κ2) is 6.75. The molecule has 0 aromatic carbocycles. The summed E-state index contributed by atoms with van der Waals surface area (Å²) >= 11 is 0. The molecule has 18 heavy (non-hydrogen) atoms. The Hall–Kier alpha value is -1.08. The van der Waals surface area contributed by atoms with E-state index in [0.29, 0.717) is 19.5 Å². The first-order valence-electron chi connectivity index (χ1n) is 6.87. The van der Waals surface area contributed by atoms with Crippen molar-refractivity contribution in [1.82, 2.24) is 4.90 Å². The second-order valence-corrected chi connectivity index (χ2v) is 5.75. The fourth-order valence-corrected chi connectivity index (χ4v) is 2.76. The van der Waals surface area contributed by atoms with Crippen LogP contribution in [0.5, 0.6) is 0 Å². The normalized spacial score (nSPS) is 19.9. The summed E-state index contributed by atoms with van der Waals surface area (Å²) in [6.07, 6.45) is 6.30. The third kappa shape index (κ3) is 3.99. The Kier molecular flexibility index (Phi) is 5.61. The van der Waals surface area contributed by atoms with Crippen LogP contribution in [0.25, 0.3) is 0 Å². The van der Waals surface area contributed by atoms with Crippen LogP contribution >= 0.6 is 0 Å². The molecule has 0 bridgehead atoms. The third-order valence-corrected chi connectivity index (χ3v) is 4.07. The van der Waals surface area contributed by atoms with Crippen molar-refractivity contribution in [3.05, 3.63) is 0 Å². The Labute approximate surface area is 110 Å². The van der Waals surface area contributed by atoms with Crippen molar-refractivity contribution in [2.45, 2.75) is 45.4 Å². The molecule has 4 heteroatoms. The van der Waals surface area contributed by atoms with Crippen molar-refractivity contribution in [2.24, 2.45) is 17.1 Å². The minimum Gasteiger partial charge on any atom is -0.344 e. The molecule has 1 saturated carbocycles. The summed E-state index contributed by atoms with van der Waals surface area (Å²) in [5.41, 5.74) is 5.90. The number of hydrogen-bond donors (Lipinski definition) is 1. The van der Waals surface area contributed by atoms with Crippen LogP contribution in [0.1, 0.15) is 45.4 Å². The molecule has 1 unspecified atom stereocenters. The smallest absolute Gasteiger partial charge is 0.222 e. The number of carbonyl (C=O) groups is 1. The van der Waals surface area contributed by atoms with Gasteiger partial charge in [0.2, 0.25) is 5.91 Å². The molecule has 0 aliphatic heterocycles. The number of amides is 1. The zero-order chi connectivity index (χ0) is 13.6. The van der Waals surface area contributed by atoms with Gasteiger partial charge in [0.05, 0.1) is 12.0 Å². The predicted octanol–water partition coefficient (Wildman–Crippen LogP) is 1.90. The summed E-state index contributed by atoms with van der Waals surface area (Å²) in [6, 6.07) is 2.16. The molecule has 0 heterocycles. The highest BCUT2D eigenvalue weighted by molar-refractivity contribution is 5.76. The lowest BCUT2D eigenvalue weighted by molar-refractivity contribution is -0.133. The van der Waals surface area contributed by atoms with Crippen molar-refractivity contribution in [2.75, 3.05) is 20.1 Å². The van der Waals surface area contributed by atoms with Gasteiger partial charge < -0.3 is 10.6 Å². The molecule has 2 N–H and O–H groups in total. The van der Waals surface area contributed by atoms with E-state index in [1.165, 1.54) is 19.3 Å². The van der Waals surface area contributed by atoms with E-state index >= 15 is 0 Å². The lowest BCUT2D eigenvalue weighted by Crippen LogP contribution is -2.40. The highest BCUT2D eigenvalue weighted by Gasteiger charge is 2.33. The quantitative estimate of drug-likeness (QED) is 0.811. The topological polar surface area (TPSA) is 70.1 Å². The molecule has 4 nitrogen and oxygen atoms in total. The molecule has 1 fully saturated rings. The number of nitrogens with zero attached hydrogens (tertiary/aromatic N) is 2. The van der Waals surface area contributed by atoms with Crippen LogP contribution < -0.4 is 5.73 Å². The van der Waals surface area contributed by atoms with Crippen molar-refractivity contribution >= 4 is 5.91 Å². The zero-order valence-electron chi connectivity index (χ0n) is 11.6. The summed E-state index contributed by atoms with van der Waals surface area (Å²) in [4.78, 5) is 13.9. The Bertz CT molecular complexity index is 315. The van der Waals surface area contributed by atoms with Crippen LogP contribution in [0, 0.1) is 22.7 Å². The van der Waals surface area contributed by atoms with E-state index in [2.05, 4.69) is 6.07 Å². The first kappa shape index (κ1) is 15.0. The van der Waals surface area contributed by atoms with Gasteiger partial charge in [-0.25, -0.2) is 0 Å². The Morgan fingerprint density at radius 1 is 1.44 bits per heavy atom.